The van der Waals surface area contributed by atoms with E-state index in [-0.39, 0.29) is 0 Å². The molecular formula is C17H19F2NO. The molecule has 0 aliphatic heterocycles. The summed E-state index contributed by atoms with van der Waals surface area (Å²) in [5.74, 6) is -0.418. The molecule has 2 aromatic rings. The molecule has 0 aromatic heterocycles. The SMILES string of the molecule is COc1ccc(CCC(C)(N)c2cc(F)cc(F)c2)cc1. The molecular weight excluding hydrogens is 272 g/mol. The molecule has 0 bridgehead atoms. The average molecular weight is 291 g/mol. The molecule has 0 spiro atoms. The molecule has 2 rings (SSSR count). The van der Waals surface area contributed by atoms with Crippen LogP contribution < -0.4 is 10.5 Å². The lowest BCUT2D eigenvalue weighted by atomic mass is 9.87. The highest BCUT2D eigenvalue weighted by atomic mass is 19.1. The van der Waals surface area contributed by atoms with Gasteiger partial charge in [0, 0.05) is 11.6 Å². The Bertz CT molecular complexity index is 588. The van der Waals surface area contributed by atoms with Crippen LogP contribution in [0.4, 0.5) is 8.78 Å². The van der Waals surface area contributed by atoms with Crippen molar-refractivity contribution in [3.63, 3.8) is 0 Å². The van der Waals surface area contributed by atoms with E-state index in [9.17, 15) is 8.78 Å². The van der Waals surface area contributed by atoms with E-state index >= 15 is 0 Å². The van der Waals surface area contributed by atoms with Crippen LogP contribution in [0.5, 0.6) is 5.75 Å². The topological polar surface area (TPSA) is 35.2 Å². The van der Waals surface area contributed by atoms with Crippen LogP contribution in [0.2, 0.25) is 0 Å². The molecule has 0 radical (unpaired) electrons. The minimum atomic E-state index is -0.789. The summed E-state index contributed by atoms with van der Waals surface area (Å²) in [7, 11) is 1.62. The zero-order chi connectivity index (χ0) is 15.5. The summed E-state index contributed by atoms with van der Waals surface area (Å²) in [4.78, 5) is 0. The second-order valence-corrected chi connectivity index (χ2v) is 5.42. The number of ether oxygens (including phenoxy) is 1. The molecule has 2 aromatic carbocycles. The van der Waals surface area contributed by atoms with E-state index in [0.717, 1.165) is 23.8 Å². The van der Waals surface area contributed by atoms with Gasteiger partial charge in [0.15, 0.2) is 0 Å². The molecule has 0 heterocycles. The normalized spacial score (nSPS) is 13.8. The zero-order valence-corrected chi connectivity index (χ0v) is 12.2. The monoisotopic (exact) mass is 291 g/mol. The second kappa shape index (κ2) is 6.22. The largest absolute Gasteiger partial charge is 0.497 e. The summed E-state index contributed by atoms with van der Waals surface area (Å²) >= 11 is 0. The number of hydrogen-bond donors (Lipinski definition) is 1. The van der Waals surface area contributed by atoms with Crippen LogP contribution in [-0.4, -0.2) is 7.11 Å². The van der Waals surface area contributed by atoms with E-state index in [1.165, 1.54) is 12.1 Å². The Balaban J connectivity index is 2.09. The van der Waals surface area contributed by atoms with Crippen LogP contribution in [0.15, 0.2) is 42.5 Å². The van der Waals surface area contributed by atoms with Gasteiger partial charge in [-0.25, -0.2) is 8.78 Å². The molecule has 2 N–H and O–H groups in total. The number of aryl methyl sites for hydroxylation is 1. The molecule has 112 valence electrons. The molecule has 0 fully saturated rings. The fraction of sp³-hybridized carbons (Fsp3) is 0.294. The maximum atomic E-state index is 13.3. The summed E-state index contributed by atoms with van der Waals surface area (Å²) in [6, 6.07) is 11.1. The van der Waals surface area contributed by atoms with Gasteiger partial charge >= 0.3 is 0 Å². The van der Waals surface area contributed by atoms with Gasteiger partial charge in [0.1, 0.15) is 17.4 Å². The Morgan fingerprint density at radius 2 is 1.62 bits per heavy atom. The molecule has 1 atom stereocenters. The molecule has 0 aliphatic rings. The molecule has 21 heavy (non-hydrogen) atoms. The summed E-state index contributed by atoms with van der Waals surface area (Å²) in [6.07, 6.45) is 1.30. The summed E-state index contributed by atoms with van der Waals surface area (Å²) in [6.45, 7) is 1.78. The van der Waals surface area contributed by atoms with Crippen molar-refractivity contribution >= 4 is 0 Å². The van der Waals surface area contributed by atoms with Crippen LogP contribution in [0.3, 0.4) is 0 Å². The number of methoxy groups -OCH3 is 1. The Labute approximate surface area is 123 Å². The highest BCUT2D eigenvalue weighted by molar-refractivity contribution is 5.29. The van der Waals surface area contributed by atoms with Gasteiger partial charge in [-0.05, 0) is 55.2 Å². The van der Waals surface area contributed by atoms with Crippen LogP contribution in [0.25, 0.3) is 0 Å². The quantitative estimate of drug-likeness (QED) is 0.910. The van der Waals surface area contributed by atoms with Crippen molar-refractivity contribution in [2.75, 3.05) is 7.11 Å². The number of hydrogen-bond acceptors (Lipinski definition) is 2. The van der Waals surface area contributed by atoms with E-state index in [4.69, 9.17) is 10.5 Å². The van der Waals surface area contributed by atoms with Gasteiger partial charge in [0.25, 0.3) is 0 Å². The smallest absolute Gasteiger partial charge is 0.126 e. The Morgan fingerprint density at radius 1 is 1.05 bits per heavy atom. The van der Waals surface area contributed by atoms with Crippen molar-refractivity contribution in [3.05, 3.63) is 65.2 Å². The van der Waals surface area contributed by atoms with Crippen molar-refractivity contribution in [1.29, 1.82) is 0 Å². The molecule has 2 nitrogen and oxygen atoms in total. The third-order valence-corrected chi connectivity index (χ3v) is 3.61. The summed E-state index contributed by atoms with van der Waals surface area (Å²) < 4.78 is 31.7. The first-order valence-corrected chi connectivity index (χ1v) is 6.79. The zero-order valence-electron chi connectivity index (χ0n) is 12.2. The minimum Gasteiger partial charge on any atom is -0.497 e. The van der Waals surface area contributed by atoms with Gasteiger partial charge in [0.2, 0.25) is 0 Å². The van der Waals surface area contributed by atoms with Crippen LogP contribution >= 0.6 is 0 Å². The Kier molecular flexibility index (Phi) is 4.58. The number of rotatable bonds is 5. The van der Waals surface area contributed by atoms with Crippen LogP contribution in [-0.2, 0) is 12.0 Å². The van der Waals surface area contributed by atoms with Gasteiger partial charge < -0.3 is 10.5 Å². The Hall–Kier alpha value is -1.94. The number of halogens is 2. The van der Waals surface area contributed by atoms with E-state index < -0.39 is 17.2 Å². The third kappa shape index (κ3) is 4.02. The first kappa shape index (κ1) is 15.4. The first-order valence-electron chi connectivity index (χ1n) is 6.79. The van der Waals surface area contributed by atoms with Crippen molar-refractivity contribution < 1.29 is 13.5 Å². The van der Waals surface area contributed by atoms with Gasteiger partial charge in [-0.2, -0.15) is 0 Å². The molecule has 4 heteroatoms. The van der Waals surface area contributed by atoms with Crippen molar-refractivity contribution in [2.45, 2.75) is 25.3 Å². The molecule has 1 unspecified atom stereocenters. The van der Waals surface area contributed by atoms with Crippen LogP contribution in [0, 0.1) is 11.6 Å². The standard InChI is InChI=1S/C17H19F2NO/c1-17(20,13-9-14(18)11-15(19)10-13)8-7-12-3-5-16(21-2)6-4-12/h3-6,9-11H,7-8,20H2,1-2H3. The van der Waals surface area contributed by atoms with Gasteiger partial charge in [-0.3, -0.25) is 0 Å². The fourth-order valence-corrected chi connectivity index (χ4v) is 2.22. The van der Waals surface area contributed by atoms with E-state index in [1.807, 2.05) is 24.3 Å². The van der Waals surface area contributed by atoms with E-state index in [0.29, 0.717) is 12.0 Å². The van der Waals surface area contributed by atoms with Gasteiger partial charge in [-0.1, -0.05) is 12.1 Å². The average Bonchev–Trinajstić information content (AvgIpc) is 2.45. The maximum Gasteiger partial charge on any atom is 0.126 e. The maximum absolute atomic E-state index is 13.3. The fourth-order valence-electron chi connectivity index (χ4n) is 2.22. The molecule has 0 saturated heterocycles. The molecule has 0 saturated carbocycles. The van der Waals surface area contributed by atoms with Crippen molar-refractivity contribution in [1.82, 2.24) is 0 Å². The lowest BCUT2D eigenvalue weighted by molar-refractivity contribution is 0.414. The summed E-state index contributed by atoms with van der Waals surface area (Å²) in [5, 5.41) is 0. The minimum absolute atomic E-state index is 0.466. The highest BCUT2D eigenvalue weighted by Crippen LogP contribution is 2.25. The lowest BCUT2D eigenvalue weighted by Crippen LogP contribution is -2.33. The lowest BCUT2D eigenvalue weighted by Gasteiger charge is -2.25. The summed E-state index contributed by atoms with van der Waals surface area (Å²) in [5.41, 5.74) is 7.00. The predicted molar refractivity (Wildman–Crippen MR) is 79.2 cm³/mol. The van der Waals surface area contributed by atoms with Gasteiger partial charge in [0.05, 0.1) is 7.11 Å². The Morgan fingerprint density at radius 3 is 2.14 bits per heavy atom. The highest BCUT2D eigenvalue weighted by Gasteiger charge is 2.22. The third-order valence-electron chi connectivity index (χ3n) is 3.61. The molecule has 0 aliphatic carbocycles. The number of benzene rings is 2. The second-order valence-electron chi connectivity index (χ2n) is 5.42. The van der Waals surface area contributed by atoms with Crippen molar-refractivity contribution in [2.24, 2.45) is 5.73 Å². The van der Waals surface area contributed by atoms with Gasteiger partial charge in [-0.15, -0.1) is 0 Å². The predicted octanol–water partition coefficient (Wildman–Crippen LogP) is 3.78. The first-order chi connectivity index (χ1) is 9.90. The van der Waals surface area contributed by atoms with E-state index in [2.05, 4.69) is 0 Å². The van der Waals surface area contributed by atoms with Crippen LogP contribution in [0.1, 0.15) is 24.5 Å². The molecule has 0 amide bonds. The van der Waals surface area contributed by atoms with E-state index in [1.54, 1.807) is 14.0 Å². The van der Waals surface area contributed by atoms with Crippen molar-refractivity contribution in [3.8, 4) is 5.75 Å². The number of nitrogens with two attached hydrogens (primary N) is 1.